The molecule has 2 rings (SSSR count). The Labute approximate surface area is 86.0 Å². The van der Waals surface area contributed by atoms with Crippen LogP contribution in [0.5, 0.6) is 0 Å². The molecular weight excluding hydrogens is 176 g/mol. The van der Waals surface area contributed by atoms with Crippen LogP contribution in [0.1, 0.15) is 39.5 Å². The lowest BCUT2D eigenvalue weighted by atomic mass is 9.67. The monoisotopic (exact) mass is 196 g/mol. The van der Waals surface area contributed by atoms with Gasteiger partial charge in [-0.1, -0.05) is 13.8 Å². The molecule has 2 bridgehead atoms. The number of methoxy groups -OCH3 is 1. The Morgan fingerprint density at radius 1 is 1.43 bits per heavy atom. The van der Waals surface area contributed by atoms with Gasteiger partial charge in [0.15, 0.2) is 0 Å². The summed E-state index contributed by atoms with van der Waals surface area (Å²) >= 11 is 0. The topological polar surface area (TPSA) is 26.3 Å². The van der Waals surface area contributed by atoms with Gasteiger partial charge in [-0.25, -0.2) is 0 Å². The average molecular weight is 196 g/mol. The summed E-state index contributed by atoms with van der Waals surface area (Å²) in [7, 11) is 1.49. The molecule has 2 saturated carbocycles. The second-order valence-electron chi connectivity index (χ2n) is 5.48. The third-order valence-corrected chi connectivity index (χ3v) is 4.66. The highest BCUT2D eigenvalue weighted by Gasteiger charge is 2.52. The zero-order chi connectivity index (χ0) is 10.3. The van der Waals surface area contributed by atoms with Crippen molar-refractivity contribution in [3.05, 3.63) is 0 Å². The average Bonchev–Trinajstić information content (AvgIpc) is 2.68. The van der Waals surface area contributed by atoms with Crippen molar-refractivity contribution in [2.75, 3.05) is 7.11 Å². The van der Waals surface area contributed by atoms with Gasteiger partial charge in [0.05, 0.1) is 7.11 Å². The molecule has 2 heteroatoms. The minimum atomic E-state index is -0.0318. The van der Waals surface area contributed by atoms with Crippen LogP contribution in [0, 0.1) is 23.2 Å². The SMILES string of the molecule is COC(=O)C[C@@H]1[C@H]2CC[C@H](C2)C1(C)C. The normalized spacial score (nSPS) is 38.6. The van der Waals surface area contributed by atoms with Gasteiger partial charge in [0, 0.05) is 6.42 Å². The maximum atomic E-state index is 11.3. The van der Waals surface area contributed by atoms with Crippen LogP contribution < -0.4 is 0 Å². The number of ether oxygens (including phenoxy) is 1. The fourth-order valence-electron chi connectivity index (χ4n) is 3.66. The molecule has 0 amide bonds. The summed E-state index contributed by atoms with van der Waals surface area (Å²) in [5.74, 6) is 2.17. The van der Waals surface area contributed by atoms with Crippen LogP contribution in [0.25, 0.3) is 0 Å². The van der Waals surface area contributed by atoms with Crippen molar-refractivity contribution >= 4 is 5.97 Å². The minimum Gasteiger partial charge on any atom is -0.469 e. The molecule has 14 heavy (non-hydrogen) atoms. The first-order valence-corrected chi connectivity index (χ1v) is 5.62. The van der Waals surface area contributed by atoms with Crippen LogP contribution in [-0.2, 0) is 9.53 Å². The van der Waals surface area contributed by atoms with E-state index in [1.54, 1.807) is 0 Å². The number of hydrogen-bond acceptors (Lipinski definition) is 2. The van der Waals surface area contributed by atoms with Crippen molar-refractivity contribution in [3.8, 4) is 0 Å². The molecule has 0 heterocycles. The van der Waals surface area contributed by atoms with E-state index in [4.69, 9.17) is 4.74 Å². The molecule has 0 radical (unpaired) electrons. The van der Waals surface area contributed by atoms with Gasteiger partial charge in [-0.15, -0.1) is 0 Å². The molecule has 0 unspecified atom stereocenters. The highest BCUT2D eigenvalue weighted by molar-refractivity contribution is 5.69. The van der Waals surface area contributed by atoms with Crippen molar-refractivity contribution in [2.24, 2.45) is 23.2 Å². The van der Waals surface area contributed by atoms with E-state index in [0.29, 0.717) is 17.8 Å². The first kappa shape index (κ1) is 10.0. The Hall–Kier alpha value is -0.530. The molecule has 0 saturated heterocycles. The lowest BCUT2D eigenvalue weighted by Crippen LogP contribution is -2.32. The third kappa shape index (κ3) is 1.35. The van der Waals surface area contributed by atoms with Gasteiger partial charge >= 0.3 is 5.97 Å². The molecule has 0 aromatic carbocycles. The van der Waals surface area contributed by atoms with Crippen LogP contribution in [0.4, 0.5) is 0 Å². The van der Waals surface area contributed by atoms with Crippen LogP contribution in [0.2, 0.25) is 0 Å². The summed E-state index contributed by atoms with van der Waals surface area (Å²) in [6.45, 7) is 4.65. The van der Waals surface area contributed by atoms with Crippen molar-refractivity contribution < 1.29 is 9.53 Å². The van der Waals surface area contributed by atoms with Crippen molar-refractivity contribution in [1.82, 2.24) is 0 Å². The van der Waals surface area contributed by atoms with E-state index < -0.39 is 0 Å². The van der Waals surface area contributed by atoms with E-state index in [1.807, 2.05) is 0 Å². The lowest BCUT2D eigenvalue weighted by Gasteiger charge is -2.37. The second kappa shape index (κ2) is 3.25. The summed E-state index contributed by atoms with van der Waals surface area (Å²) in [4.78, 5) is 11.3. The molecule has 0 aromatic heterocycles. The molecule has 2 fully saturated rings. The summed E-state index contributed by atoms with van der Waals surface area (Å²) in [5.41, 5.74) is 0.358. The van der Waals surface area contributed by atoms with Gasteiger partial charge in [-0.2, -0.15) is 0 Å². The molecule has 3 atom stereocenters. The Morgan fingerprint density at radius 2 is 2.14 bits per heavy atom. The van der Waals surface area contributed by atoms with E-state index in [2.05, 4.69) is 13.8 Å². The van der Waals surface area contributed by atoms with Gasteiger partial charge in [0.2, 0.25) is 0 Å². The maximum absolute atomic E-state index is 11.3. The van der Waals surface area contributed by atoms with Gasteiger partial charge in [0.25, 0.3) is 0 Å². The van der Waals surface area contributed by atoms with Crippen LogP contribution in [-0.4, -0.2) is 13.1 Å². The summed E-state index contributed by atoms with van der Waals surface area (Å²) < 4.78 is 4.77. The van der Waals surface area contributed by atoms with E-state index in [0.717, 1.165) is 11.8 Å². The smallest absolute Gasteiger partial charge is 0.305 e. The Kier molecular flexibility index (Phi) is 2.32. The Bertz CT molecular complexity index is 245. The quantitative estimate of drug-likeness (QED) is 0.635. The maximum Gasteiger partial charge on any atom is 0.305 e. The molecule has 0 N–H and O–H groups in total. The fraction of sp³-hybridized carbons (Fsp3) is 0.917. The highest BCUT2D eigenvalue weighted by Crippen LogP contribution is 2.60. The predicted molar refractivity (Wildman–Crippen MR) is 54.7 cm³/mol. The number of carbonyl (C=O) groups excluding carboxylic acids is 1. The third-order valence-electron chi connectivity index (χ3n) is 4.66. The number of fused-ring (bicyclic) bond motifs is 2. The van der Waals surface area contributed by atoms with Gasteiger partial charge < -0.3 is 4.74 Å². The van der Waals surface area contributed by atoms with Gasteiger partial charge in [0.1, 0.15) is 0 Å². The lowest BCUT2D eigenvalue weighted by molar-refractivity contribution is -0.143. The van der Waals surface area contributed by atoms with Crippen LogP contribution >= 0.6 is 0 Å². The first-order valence-electron chi connectivity index (χ1n) is 5.62. The zero-order valence-corrected chi connectivity index (χ0v) is 9.38. The molecule has 0 spiro atoms. The second-order valence-corrected chi connectivity index (χ2v) is 5.48. The summed E-state index contributed by atoms with van der Waals surface area (Å²) in [5, 5.41) is 0. The minimum absolute atomic E-state index is 0.0318. The standard InChI is InChI=1S/C12H20O2/c1-12(2)9-5-4-8(6-9)10(12)7-11(13)14-3/h8-10H,4-7H2,1-3H3/t8-,9+,10+/m0/s1. The van der Waals surface area contributed by atoms with Crippen LogP contribution in [0.15, 0.2) is 0 Å². The van der Waals surface area contributed by atoms with Crippen molar-refractivity contribution in [2.45, 2.75) is 39.5 Å². The largest absolute Gasteiger partial charge is 0.469 e. The predicted octanol–water partition coefficient (Wildman–Crippen LogP) is 2.62. The van der Waals surface area contributed by atoms with E-state index in [1.165, 1.54) is 26.4 Å². The van der Waals surface area contributed by atoms with E-state index in [-0.39, 0.29) is 5.97 Å². The number of esters is 1. The van der Waals surface area contributed by atoms with Crippen molar-refractivity contribution in [1.29, 1.82) is 0 Å². The number of rotatable bonds is 2. The van der Waals surface area contributed by atoms with Crippen LogP contribution in [0.3, 0.4) is 0 Å². The summed E-state index contributed by atoms with van der Waals surface area (Å²) in [6.07, 6.45) is 4.67. The van der Waals surface area contributed by atoms with E-state index >= 15 is 0 Å². The Morgan fingerprint density at radius 3 is 2.64 bits per heavy atom. The first-order chi connectivity index (χ1) is 6.55. The highest BCUT2D eigenvalue weighted by atomic mass is 16.5. The number of hydrogen-bond donors (Lipinski definition) is 0. The molecule has 0 aliphatic heterocycles. The number of carbonyl (C=O) groups is 1. The molecule has 2 nitrogen and oxygen atoms in total. The van der Waals surface area contributed by atoms with Gasteiger partial charge in [-0.05, 0) is 42.4 Å². The zero-order valence-electron chi connectivity index (χ0n) is 9.38. The molecule has 0 aromatic rings. The summed E-state index contributed by atoms with van der Waals surface area (Å²) in [6, 6.07) is 0. The molecule has 2 aliphatic carbocycles. The fourth-order valence-corrected chi connectivity index (χ4v) is 3.66. The van der Waals surface area contributed by atoms with Crippen molar-refractivity contribution in [3.63, 3.8) is 0 Å². The van der Waals surface area contributed by atoms with E-state index in [9.17, 15) is 4.79 Å². The molecule has 2 aliphatic rings. The molecule has 80 valence electrons. The van der Waals surface area contributed by atoms with Gasteiger partial charge in [-0.3, -0.25) is 4.79 Å². The molecular formula is C12H20O2. The Balaban J connectivity index is 2.08.